The number of nitrogens with zero attached hydrogens (tertiary/aromatic N) is 4. The number of fused-ring (bicyclic) bond motifs is 2. The predicted octanol–water partition coefficient (Wildman–Crippen LogP) is 6.07. The van der Waals surface area contributed by atoms with Crippen molar-refractivity contribution >= 4 is 33.3 Å². The minimum absolute atomic E-state index is 0.0762. The van der Waals surface area contributed by atoms with Crippen LogP contribution in [0.15, 0.2) is 84.2 Å². The number of aromatic amines is 1. The summed E-state index contributed by atoms with van der Waals surface area (Å²) >= 11 is 0. The second kappa shape index (κ2) is 13.6. The zero-order chi connectivity index (χ0) is 33.0. The molecule has 3 aromatic heterocycles. The van der Waals surface area contributed by atoms with Crippen LogP contribution in [0.1, 0.15) is 0 Å². The zero-order valence-electron chi connectivity index (χ0n) is 25.8. The summed E-state index contributed by atoms with van der Waals surface area (Å²) in [6.07, 6.45) is 4.43. The molecule has 0 aliphatic carbocycles. The third-order valence-electron chi connectivity index (χ3n) is 8.00. The van der Waals surface area contributed by atoms with E-state index >= 15 is 4.39 Å². The van der Waals surface area contributed by atoms with Gasteiger partial charge in [0.25, 0.3) is 0 Å². The molecule has 2 N–H and O–H groups in total. The first-order chi connectivity index (χ1) is 23.5. The average Bonchev–Trinajstić information content (AvgIpc) is 3.10. The first-order valence-corrected chi connectivity index (χ1v) is 15.2. The second-order valence-electron chi connectivity index (χ2n) is 11.0. The molecule has 3 aromatic carbocycles. The van der Waals surface area contributed by atoms with Gasteiger partial charge in [-0.3, -0.25) is 9.69 Å². The average molecular weight is 653 g/mol. The molecule has 0 unspecified atom stereocenters. The van der Waals surface area contributed by atoms with Gasteiger partial charge in [0.15, 0.2) is 23.1 Å². The minimum atomic E-state index is -0.678. The highest BCUT2D eigenvalue weighted by molar-refractivity contribution is 5.93. The first kappa shape index (κ1) is 31.0. The van der Waals surface area contributed by atoms with Crippen molar-refractivity contribution in [3.8, 4) is 34.3 Å². The van der Waals surface area contributed by atoms with Gasteiger partial charge in [-0.25, -0.2) is 23.7 Å². The van der Waals surface area contributed by atoms with Crippen LogP contribution in [0, 0.1) is 11.6 Å². The van der Waals surface area contributed by atoms with E-state index in [2.05, 4.69) is 30.2 Å². The monoisotopic (exact) mass is 652 g/mol. The number of ether oxygens (including phenoxy) is 4. The third kappa shape index (κ3) is 6.46. The van der Waals surface area contributed by atoms with E-state index < -0.39 is 11.6 Å². The lowest BCUT2D eigenvalue weighted by Gasteiger charge is -2.26. The van der Waals surface area contributed by atoms with Gasteiger partial charge in [0.05, 0.1) is 42.1 Å². The number of methoxy groups -OCH3 is 1. The summed E-state index contributed by atoms with van der Waals surface area (Å²) in [5, 5.41) is 3.82. The Hall–Kier alpha value is -5.66. The summed E-state index contributed by atoms with van der Waals surface area (Å²) in [4.78, 5) is 31.8. The molecule has 13 heteroatoms. The van der Waals surface area contributed by atoms with Crippen molar-refractivity contribution < 1.29 is 27.7 Å². The van der Waals surface area contributed by atoms with Crippen molar-refractivity contribution in [2.75, 3.05) is 51.9 Å². The maximum Gasteiger partial charge on any atom is 0.230 e. The van der Waals surface area contributed by atoms with Crippen molar-refractivity contribution in [3.63, 3.8) is 0 Å². The SMILES string of the molecule is COc1cc2c(Oc3ccc(Nc4nccc5[nH]cc(-c6ccc(F)cc6)c(=O)c45)cc3F)ncnc2cc1OCCN1CCOCC1. The number of H-pyrrole nitrogens is 1. The molecule has 0 bridgehead atoms. The summed E-state index contributed by atoms with van der Waals surface area (Å²) in [7, 11) is 1.54. The molecule has 1 fully saturated rings. The Labute approximate surface area is 273 Å². The molecule has 0 radical (unpaired) electrons. The van der Waals surface area contributed by atoms with Crippen LogP contribution in [0.2, 0.25) is 0 Å². The number of rotatable bonds is 10. The Morgan fingerprint density at radius 3 is 2.58 bits per heavy atom. The number of hydrogen-bond donors (Lipinski definition) is 2. The molecule has 11 nitrogen and oxygen atoms in total. The molecule has 244 valence electrons. The normalized spacial score (nSPS) is 13.5. The number of benzene rings is 3. The van der Waals surface area contributed by atoms with Crippen molar-refractivity contribution in [2.24, 2.45) is 0 Å². The topological polar surface area (TPSA) is 124 Å². The molecule has 48 heavy (non-hydrogen) atoms. The molecule has 1 saturated heterocycles. The van der Waals surface area contributed by atoms with E-state index in [4.69, 9.17) is 18.9 Å². The Morgan fingerprint density at radius 1 is 0.958 bits per heavy atom. The molecular formula is C35H30F2N6O5. The van der Waals surface area contributed by atoms with Crippen LogP contribution in [0.4, 0.5) is 20.3 Å². The standard InChI is InChI=1S/C35H30F2N6O5/c1-45-30-17-24-28(18-31(30)47-15-12-43-10-13-46-14-11-43)40-20-41-35(24)48-29-7-6-23(16-26(29)37)42-34-32-27(8-9-38-34)39-19-25(33(32)44)21-2-4-22(36)5-3-21/h2-9,16-20H,10-15H2,1H3,(H,38,42)(H,39,44). The number of pyridine rings is 2. The Balaban J connectivity index is 1.11. The van der Waals surface area contributed by atoms with Gasteiger partial charge in [-0.05, 0) is 42.0 Å². The largest absolute Gasteiger partial charge is 0.493 e. The lowest BCUT2D eigenvalue weighted by molar-refractivity contribution is 0.0321. The molecule has 0 saturated carbocycles. The van der Waals surface area contributed by atoms with Crippen LogP contribution >= 0.6 is 0 Å². The maximum atomic E-state index is 15.5. The van der Waals surface area contributed by atoms with Gasteiger partial charge in [0.2, 0.25) is 11.3 Å². The number of aromatic nitrogens is 4. The smallest absolute Gasteiger partial charge is 0.230 e. The van der Waals surface area contributed by atoms with Crippen LogP contribution in [-0.2, 0) is 4.74 Å². The Kier molecular flexibility index (Phi) is 8.77. The quantitative estimate of drug-likeness (QED) is 0.180. The van der Waals surface area contributed by atoms with Gasteiger partial charge < -0.3 is 29.2 Å². The Bertz CT molecular complexity index is 2160. The highest BCUT2D eigenvalue weighted by Gasteiger charge is 2.17. The first-order valence-electron chi connectivity index (χ1n) is 15.2. The highest BCUT2D eigenvalue weighted by atomic mass is 19.1. The molecule has 7 rings (SSSR count). The number of anilines is 2. The summed E-state index contributed by atoms with van der Waals surface area (Å²) in [5.41, 5.74) is 1.97. The Morgan fingerprint density at radius 2 is 1.79 bits per heavy atom. The number of hydrogen-bond acceptors (Lipinski definition) is 10. The van der Waals surface area contributed by atoms with E-state index in [0.717, 1.165) is 19.6 Å². The minimum Gasteiger partial charge on any atom is -0.493 e. The lowest BCUT2D eigenvalue weighted by Crippen LogP contribution is -2.38. The van der Waals surface area contributed by atoms with Crippen molar-refractivity contribution in [1.29, 1.82) is 0 Å². The van der Waals surface area contributed by atoms with E-state index in [9.17, 15) is 9.18 Å². The number of morpholine rings is 1. The third-order valence-corrected chi connectivity index (χ3v) is 8.00. The van der Waals surface area contributed by atoms with E-state index in [1.165, 1.54) is 56.0 Å². The molecule has 0 spiro atoms. The summed E-state index contributed by atoms with van der Waals surface area (Å²) < 4.78 is 51.9. The molecule has 0 amide bonds. The highest BCUT2D eigenvalue weighted by Crippen LogP contribution is 2.37. The van der Waals surface area contributed by atoms with Gasteiger partial charge in [0.1, 0.15) is 24.6 Å². The van der Waals surface area contributed by atoms with Crippen LogP contribution in [0.5, 0.6) is 23.1 Å². The molecule has 1 aliphatic rings. The van der Waals surface area contributed by atoms with Gasteiger partial charge in [0, 0.05) is 55.4 Å². The molecule has 0 atom stereocenters. The second-order valence-corrected chi connectivity index (χ2v) is 11.0. The van der Waals surface area contributed by atoms with Crippen LogP contribution in [0.3, 0.4) is 0 Å². The fourth-order valence-corrected chi connectivity index (χ4v) is 5.51. The van der Waals surface area contributed by atoms with Gasteiger partial charge in [-0.2, -0.15) is 0 Å². The molecular weight excluding hydrogens is 622 g/mol. The lowest BCUT2D eigenvalue weighted by atomic mass is 10.0. The van der Waals surface area contributed by atoms with Crippen LogP contribution < -0.4 is 25.0 Å². The van der Waals surface area contributed by atoms with E-state index in [0.29, 0.717) is 64.6 Å². The van der Waals surface area contributed by atoms with Crippen LogP contribution in [-0.4, -0.2) is 71.4 Å². The van der Waals surface area contributed by atoms with Crippen LogP contribution in [0.25, 0.3) is 32.9 Å². The fraction of sp³-hybridized carbons (Fsp3) is 0.200. The van der Waals surface area contributed by atoms with E-state index in [-0.39, 0.29) is 28.3 Å². The van der Waals surface area contributed by atoms with Crippen molar-refractivity contribution in [1.82, 2.24) is 24.8 Å². The molecule has 6 aromatic rings. The van der Waals surface area contributed by atoms with E-state index in [1.807, 2.05) is 0 Å². The zero-order valence-corrected chi connectivity index (χ0v) is 25.8. The maximum absolute atomic E-state index is 15.5. The summed E-state index contributed by atoms with van der Waals surface area (Å²) in [6.45, 7) is 4.35. The van der Waals surface area contributed by atoms with Crippen molar-refractivity contribution in [3.05, 3.63) is 101 Å². The number of halogens is 2. The van der Waals surface area contributed by atoms with Crippen molar-refractivity contribution in [2.45, 2.75) is 0 Å². The van der Waals surface area contributed by atoms with Gasteiger partial charge in [-0.15, -0.1) is 0 Å². The molecule has 4 heterocycles. The predicted molar refractivity (Wildman–Crippen MR) is 176 cm³/mol. The summed E-state index contributed by atoms with van der Waals surface area (Å²) in [5.74, 6) is 0.183. The van der Waals surface area contributed by atoms with Gasteiger partial charge >= 0.3 is 0 Å². The van der Waals surface area contributed by atoms with E-state index in [1.54, 1.807) is 30.5 Å². The summed E-state index contributed by atoms with van der Waals surface area (Å²) in [6, 6.07) is 15.0. The number of nitrogens with one attached hydrogen (secondary N) is 2. The fourth-order valence-electron chi connectivity index (χ4n) is 5.51. The van der Waals surface area contributed by atoms with Gasteiger partial charge in [-0.1, -0.05) is 12.1 Å². The molecule has 1 aliphatic heterocycles.